The molecule has 0 aromatic carbocycles. The minimum Gasteiger partial charge on any atom is -0.224 e. The fourth-order valence-corrected chi connectivity index (χ4v) is 4.68. The van der Waals surface area contributed by atoms with E-state index in [0.29, 0.717) is 0 Å². The minimum atomic E-state index is -2.53. The Hall–Kier alpha value is 0.330. The Kier molecular flexibility index (Phi) is 8.60. The standard InChI is InChI=1S/C8H27N7P2/c1-3-5-7-13-16(9,10)15-17(11,12)14-8-6-4-2/h3-8H2,1-2H3,(H9,9,10,11,12,13,14,15)/p+1. The van der Waals surface area contributed by atoms with E-state index in [1.807, 2.05) is 0 Å². The maximum absolute atomic E-state index is 5.89. The number of rotatable bonds is 8. The molecule has 0 fully saturated rings. The number of nitrogens with zero attached hydrogens (tertiary/aromatic N) is 1. The highest BCUT2D eigenvalue weighted by atomic mass is 31.2. The summed E-state index contributed by atoms with van der Waals surface area (Å²) in [6.07, 6.45) is 4.17. The Morgan fingerprint density at radius 1 is 0.824 bits per heavy atom. The highest BCUT2D eigenvalue weighted by Gasteiger charge is 2.23. The van der Waals surface area contributed by atoms with E-state index < -0.39 is 15.0 Å². The first kappa shape index (κ1) is 17.3. The summed E-state index contributed by atoms with van der Waals surface area (Å²) in [7, 11) is -5.06. The fraction of sp³-hybridized carbons (Fsp3) is 1.00. The lowest BCUT2D eigenvalue weighted by atomic mass is 10.3. The summed E-state index contributed by atoms with van der Waals surface area (Å²) in [6, 6.07) is 0. The van der Waals surface area contributed by atoms with Crippen LogP contribution in [0.15, 0.2) is 0 Å². The van der Waals surface area contributed by atoms with Crippen molar-refractivity contribution in [1.29, 1.82) is 0 Å². The quantitative estimate of drug-likeness (QED) is 0.218. The molecular formula is C8H28N7P2+. The molecule has 0 amide bonds. The molecule has 10 N–H and O–H groups in total. The van der Waals surface area contributed by atoms with Gasteiger partial charge in [0.2, 0.25) is 0 Å². The van der Waals surface area contributed by atoms with E-state index >= 15 is 0 Å². The molecule has 0 aromatic rings. The topological polar surface area (TPSA) is 142 Å². The maximum atomic E-state index is 5.89. The van der Waals surface area contributed by atoms with Crippen LogP contribution in [0.1, 0.15) is 39.5 Å². The molecular weight excluding hydrogens is 256 g/mol. The summed E-state index contributed by atoms with van der Waals surface area (Å²) in [5.41, 5.74) is 23.5. The van der Waals surface area contributed by atoms with E-state index in [0.717, 1.165) is 38.8 Å². The Morgan fingerprint density at radius 2 is 1.18 bits per heavy atom. The first-order chi connectivity index (χ1) is 7.83. The zero-order valence-corrected chi connectivity index (χ0v) is 12.7. The molecule has 0 aliphatic carbocycles. The van der Waals surface area contributed by atoms with Gasteiger partial charge in [0.1, 0.15) is 0 Å². The third-order valence-corrected chi connectivity index (χ3v) is 5.92. The molecule has 17 heavy (non-hydrogen) atoms. The SMILES string of the molecule is CCCCNP(N)(N)=[N+]=P(N)(N)NCCCC. The zero-order valence-electron chi connectivity index (χ0n) is 10.9. The van der Waals surface area contributed by atoms with Crippen LogP contribution in [-0.4, -0.2) is 13.1 Å². The molecule has 0 spiro atoms. The van der Waals surface area contributed by atoms with Gasteiger partial charge in [-0.1, -0.05) is 30.9 Å². The van der Waals surface area contributed by atoms with Crippen molar-refractivity contribution in [2.75, 3.05) is 13.1 Å². The van der Waals surface area contributed by atoms with Crippen LogP contribution < -0.4 is 36.4 Å². The molecule has 0 heterocycles. The van der Waals surface area contributed by atoms with Gasteiger partial charge in [0.15, 0.2) is 0 Å². The average Bonchev–Trinajstić information content (AvgIpc) is 2.16. The first-order valence-electron chi connectivity index (χ1n) is 6.00. The van der Waals surface area contributed by atoms with Crippen LogP contribution in [-0.2, 0) is 0 Å². The summed E-state index contributed by atoms with van der Waals surface area (Å²) in [5, 5.41) is 6.07. The third kappa shape index (κ3) is 9.98. The largest absolute Gasteiger partial charge is 0.419 e. The van der Waals surface area contributed by atoms with E-state index in [-0.39, 0.29) is 0 Å². The lowest BCUT2D eigenvalue weighted by Crippen LogP contribution is -2.30. The molecule has 0 aliphatic heterocycles. The van der Waals surface area contributed by atoms with Gasteiger partial charge < -0.3 is 0 Å². The van der Waals surface area contributed by atoms with Crippen molar-refractivity contribution in [2.24, 2.45) is 22.0 Å². The van der Waals surface area contributed by atoms with Gasteiger partial charge in [-0.2, -0.15) is 0 Å². The van der Waals surface area contributed by atoms with Crippen LogP contribution in [0.3, 0.4) is 0 Å². The van der Waals surface area contributed by atoms with Gasteiger partial charge in [-0.15, -0.1) is 0 Å². The second kappa shape index (κ2) is 8.44. The monoisotopic (exact) mass is 284 g/mol. The van der Waals surface area contributed by atoms with Crippen molar-refractivity contribution in [3.05, 3.63) is 0 Å². The summed E-state index contributed by atoms with van der Waals surface area (Å²) in [6.45, 7) is 5.69. The Bertz CT molecular complexity index is 284. The predicted octanol–water partition coefficient (Wildman–Crippen LogP) is 0.560. The Morgan fingerprint density at radius 3 is 1.47 bits per heavy atom. The molecule has 0 radical (unpaired) electrons. The number of hydrogen-bond acceptors (Lipinski definition) is 0. The normalized spacial score (nSPS) is 12.6. The van der Waals surface area contributed by atoms with E-state index in [1.54, 1.807) is 0 Å². The van der Waals surface area contributed by atoms with Crippen molar-refractivity contribution in [3.8, 4) is 0 Å². The predicted molar refractivity (Wildman–Crippen MR) is 78.5 cm³/mol. The number of nitrogens with two attached hydrogens (primary N) is 4. The van der Waals surface area contributed by atoms with E-state index in [2.05, 4.69) is 28.2 Å². The minimum absolute atomic E-state index is 0.746. The number of nitrogens with one attached hydrogen (secondary N) is 2. The van der Waals surface area contributed by atoms with Gasteiger partial charge >= 0.3 is 15.0 Å². The lowest BCUT2D eigenvalue weighted by Gasteiger charge is -2.07. The van der Waals surface area contributed by atoms with Crippen molar-refractivity contribution < 1.29 is 0 Å². The van der Waals surface area contributed by atoms with Crippen LogP contribution in [0, 0.1) is 0 Å². The van der Waals surface area contributed by atoms with Gasteiger partial charge in [-0.25, -0.2) is 32.2 Å². The van der Waals surface area contributed by atoms with Crippen molar-refractivity contribution >= 4 is 15.0 Å². The molecule has 0 atom stereocenters. The summed E-state index contributed by atoms with van der Waals surface area (Å²) in [5.74, 6) is 0. The van der Waals surface area contributed by atoms with E-state index in [1.165, 1.54) is 0 Å². The van der Waals surface area contributed by atoms with Crippen LogP contribution in [0.5, 0.6) is 0 Å². The smallest absolute Gasteiger partial charge is 0.224 e. The molecule has 7 nitrogen and oxygen atoms in total. The van der Waals surface area contributed by atoms with E-state index in [9.17, 15) is 0 Å². The summed E-state index contributed by atoms with van der Waals surface area (Å²) >= 11 is 0. The van der Waals surface area contributed by atoms with Crippen LogP contribution in [0.25, 0.3) is 0 Å². The van der Waals surface area contributed by atoms with E-state index in [4.69, 9.17) is 22.0 Å². The Labute approximate surface area is 105 Å². The van der Waals surface area contributed by atoms with Crippen LogP contribution >= 0.6 is 15.0 Å². The molecule has 0 rings (SSSR count). The summed E-state index contributed by atoms with van der Waals surface area (Å²) in [4.78, 5) is 0. The molecule has 0 saturated heterocycles. The third-order valence-electron chi connectivity index (χ3n) is 2.09. The summed E-state index contributed by atoms with van der Waals surface area (Å²) < 4.78 is 4.20. The molecule has 0 bridgehead atoms. The van der Waals surface area contributed by atoms with Gasteiger partial charge in [-0.3, -0.25) is 0 Å². The highest BCUT2D eigenvalue weighted by Crippen LogP contribution is 2.26. The number of unbranched alkanes of at least 4 members (excludes halogenated alkanes) is 2. The second-order valence-electron chi connectivity index (χ2n) is 4.09. The molecule has 104 valence electrons. The van der Waals surface area contributed by atoms with Crippen LogP contribution in [0.2, 0.25) is 0 Å². The highest BCUT2D eigenvalue weighted by molar-refractivity contribution is 7.66. The van der Waals surface area contributed by atoms with Crippen LogP contribution in [0.4, 0.5) is 0 Å². The molecule has 0 unspecified atom stereocenters. The zero-order chi connectivity index (χ0) is 13.4. The molecule has 9 heteroatoms. The van der Waals surface area contributed by atoms with Crippen molar-refractivity contribution in [2.45, 2.75) is 39.5 Å². The lowest BCUT2D eigenvalue weighted by molar-refractivity contribution is 0.764. The van der Waals surface area contributed by atoms with Crippen molar-refractivity contribution in [1.82, 2.24) is 14.3 Å². The van der Waals surface area contributed by atoms with Crippen molar-refractivity contribution in [3.63, 3.8) is 0 Å². The molecule has 0 aromatic heterocycles. The van der Waals surface area contributed by atoms with Gasteiger partial charge in [0.05, 0.1) is 0 Å². The fourth-order valence-electron chi connectivity index (χ4n) is 1.18. The van der Waals surface area contributed by atoms with Gasteiger partial charge in [-0.05, 0) is 12.8 Å². The average molecular weight is 284 g/mol. The second-order valence-corrected chi connectivity index (χ2v) is 8.39. The molecule has 0 aliphatic rings. The number of hydrogen-bond donors (Lipinski definition) is 6. The van der Waals surface area contributed by atoms with Gasteiger partial charge in [0.25, 0.3) is 0 Å². The maximum Gasteiger partial charge on any atom is 0.419 e. The van der Waals surface area contributed by atoms with Gasteiger partial charge in [0, 0.05) is 13.1 Å². The Balaban J connectivity index is 4.63. The first-order valence-corrected chi connectivity index (χ1v) is 9.76. The molecule has 0 saturated carbocycles.